The standard InChI is InChI=1S/C22H24F2N8O3S2/c1-13-8-30(9-14-10-35-5-4-31(13)14)16-6-15(37(33,34)29-22(11-25)2-3-22)7-17-18(16)26-12-32(17)21-28-27-20(36-21)19(23)24/h6-7,12-14,19,29H,2-5,8-10H2,1H3/t13-,14-/m1/s1. The van der Waals surface area contributed by atoms with Crippen LogP contribution in [0.15, 0.2) is 23.4 Å². The number of nitrogens with one attached hydrogen (secondary N) is 1. The summed E-state index contributed by atoms with van der Waals surface area (Å²) in [5, 5.41) is 16.6. The van der Waals surface area contributed by atoms with Crippen LogP contribution in [0.5, 0.6) is 0 Å². The lowest BCUT2D eigenvalue weighted by Gasteiger charge is -2.48. The third kappa shape index (κ3) is 4.36. The number of ether oxygens (including phenoxy) is 1. The van der Waals surface area contributed by atoms with Gasteiger partial charge in [0.15, 0.2) is 5.01 Å². The van der Waals surface area contributed by atoms with Gasteiger partial charge in [0.05, 0.1) is 41.4 Å². The van der Waals surface area contributed by atoms with Crippen LogP contribution in [0.1, 0.15) is 31.2 Å². The van der Waals surface area contributed by atoms with Crippen LogP contribution in [-0.2, 0) is 14.8 Å². The molecule has 4 heterocycles. The molecular formula is C22H24F2N8O3S2. The molecule has 15 heteroatoms. The minimum absolute atomic E-state index is 0.0353. The fourth-order valence-electron chi connectivity index (χ4n) is 5.07. The molecule has 3 fully saturated rings. The van der Waals surface area contributed by atoms with Crippen molar-refractivity contribution in [3.05, 3.63) is 23.5 Å². The summed E-state index contributed by atoms with van der Waals surface area (Å²) < 4.78 is 62.9. The van der Waals surface area contributed by atoms with Crippen molar-refractivity contribution < 1.29 is 21.9 Å². The topological polar surface area (TPSA) is 129 Å². The second kappa shape index (κ2) is 8.91. The lowest BCUT2D eigenvalue weighted by atomic mass is 10.0. The number of nitriles is 1. The largest absolute Gasteiger partial charge is 0.378 e. The fourth-order valence-corrected chi connectivity index (χ4v) is 7.16. The van der Waals surface area contributed by atoms with Crippen LogP contribution in [0.25, 0.3) is 16.2 Å². The van der Waals surface area contributed by atoms with Crippen molar-refractivity contribution in [2.45, 2.75) is 48.7 Å². The second-order valence-corrected chi connectivity index (χ2v) is 12.3. The number of alkyl halides is 2. The van der Waals surface area contributed by atoms with Crippen molar-refractivity contribution in [3.63, 3.8) is 0 Å². The van der Waals surface area contributed by atoms with Crippen LogP contribution in [0.4, 0.5) is 14.5 Å². The zero-order valence-electron chi connectivity index (χ0n) is 19.8. The lowest BCUT2D eigenvalue weighted by molar-refractivity contribution is -0.0317. The highest BCUT2D eigenvalue weighted by molar-refractivity contribution is 7.89. The van der Waals surface area contributed by atoms with Gasteiger partial charge in [-0.25, -0.2) is 22.2 Å². The zero-order chi connectivity index (χ0) is 25.9. The van der Waals surface area contributed by atoms with Gasteiger partial charge in [0.2, 0.25) is 15.2 Å². The summed E-state index contributed by atoms with van der Waals surface area (Å²) in [6.07, 6.45) is -0.446. The predicted molar refractivity (Wildman–Crippen MR) is 130 cm³/mol. The SMILES string of the molecule is C[C@@H]1CN(c2cc(S(=O)(=O)NC3(C#N)CC3)cc3c2ncn3-c2nnc(C(F)F)s2)C[C@@H]2COCCN21. The molecule has 1 aromatic carbocycles. The van der Waals surface area contributed by atoms with E-state index in [1.54, 1.807) is 6.07 Å². The minimum Gasteiger partial charge on any atom is -0.378 e. The molecule has 0 radical (unpaired) electrons. The molecule has 2 saturated heterocycles. The van der Waals surface area contributed by atoms with Gasteiger partial charge in [-0.15, -0.1) is 10.2 Å². The Bertz CT molecular complexity index is 1500. The number of sulfonamides is 1. The van der Waals surface area contributed by atoms with Crippen LogP contribution in [0, 0.1) is 11.3 Å². The quantitative estimate of drug-likeness (QED) is 0.490. The van der Waals surface area contributed by atoms with E-state index in [-0.39, 0.29) is 22.1 Å². The number of aromatic nitrogens is 4. The first-order valence-electron chi connectivity index (χ1n) is 11.9. The van der Waals surface area contributed by atoms with E-state index in [0.717, 1.165) is 6.54 Å². The molecule has 1 N–H and O–H groups in total. The minimum atomic E-state index is -4.07. The average Bonchev–Trinajstić information content (AvgIpc) is 3.27. The monoisotopic (exact) mass is 550 g/mol. The normalized spacial score (nSPS) is 23.8. The smallest absolute Gasteiger partial charge is 0.291 e. The molecule has 2 aromatic heterocycles. The Balaban J connectivity index is 1.47. The predicted octanol–water partition coefficient (Wildman–Crippen LogP) is 2.06. The van der Waals surface area contributed by atoms with Gasteiger partial charge < -0.3 is 9.64 Å². The Morgan fingerprint density at radius 3 is 2.81 bits per heavy atom. The molecule has 1 saturated carbocycles. The number of benzene rings is 1. The zero-order valence-corrected chi connectivity index (χ0v) is 21.5. The third-order valence-electron chi connectivity index (χ3n) is 7.13. The van der Waals surface area contributed by atoms with E-state index >= 15 is 0 Å². The van der Waals surface area contributed by atoms with Crippen LogP contribution < -0.4 is 9.62 Å². The van der Waals surface area contributed by atoms with Crippen LogP contribution in [-0.4, -0.2) is 83.5 Å². The molecule has 0 unspecified atom stereocenters. The number of hydrogen-bond donors (Lipinski definition) is 1. The Hall–Kier alpha value is -2.77. The molecule has 0 bridgehead atoms. The van der Waals surface area contributed by atoms with Crippen molar-refractivity contribution in [3.8, 4) is 11.2 Å². The molecule has 0 spiro atoms. The molecule has 6 rings (SSSR count). The number of anilines is 1. The summed E-state index contributed by atoms with van der Waals surface area (Å²) in [5.74, 6) is 0. The van der Waals surface area contributed by atoms with Crippen LogP contribution in [0.3, 0.4) is 0 Å². The maximum Gasteiger partial charge on any atom is 0.291 e. The number of piperazine rings is 1. The molecule has 1 aliphatic carbocycles. The van der Waals surface area contributed by atoms with Crippen molar-refractivity contribution in [2.75, 3.05) is 37.7 Å². The summed E-state index contributed by atoms with van der Waals surface area (Å²) >= 11 is 0.713. The summed E-state index contributed by atoms with van der Waals surface area (Å²) in [4.78, 5) is 9.00. The van der Waals surface area contributed by atoms with Crippen molar-refractivity contribution in [2.24, 2.45) is 0 Å². The van der Waals surface area contributed by atoms with E-state index in [0.29, 0.717) is 67.2 Å². The van der Waals surface area contributed by atoms with Gasteiger partial charge >= 0.3 is 0 Å². The Kier molecular flexibility index (Phi) is 5.92. The van der Waals surface area contributed by atoms with E-state index in [1.165, 1.54) is 17.0 Å². The molecule has 2 aliphatic heterocycles. The molecule has 37 heavy (non-hydrogen) atoms. The number of hydrogen-bond acceptors (Lipinski definition) is 10. The molecule has 2 atom stereocenters. The van der Waals surface area contributed by atoms with Gasteiger partial charge in [-0.2, -0.15) is 9.98 Å². The van der Waals surface area contributed by atoms with Gasteiger partial charge in [-0.1, -0.05) is 11.3 Å². The Morgan fingerprint density at radius 2 is 2.11 bits per heavy atom. The molecular weight excluding hydrogens is 526 g/mol. The van der Waals surface area contributed by atoms with Gasteiger partial charge in [0.1, 0.15) is 17.4 Å². The van der Waals surface area contributed by atoms with E-state index in [4.69, 9.17) is 4.74 Å². The van der Waals surface area contributed by atoms with Gasteiger partial charge in [-0.05, 0) is 31.9 Å². The summed E-state index contributed by atoms with van der Waals surface area (Å²) in [7, 11) is -4.07. The first-order valence-corrected chi connectivity index (χ1v) is 14.2. The van der Waals surface area contributed by atoms with Crippen LogP contribution in [0.2, 0.25) is 0 Å². The molecule has 3 aromatic rings. The molecule has 3 aliphatic rings. The van der Waals surface area contributed by atoms with E-state index < -0.39 is 27.0 Å². The van der Waals surface area contributed by atoms with E-state index in [9.17, 15) is 22.5 Å². The first-order chi connectivity index (χ1) is 17.7. The molecule has 11 nitrogen and oxygen atoms in total. The van der Waals surface area contributed by atoms with Crippen LogP contribution >= 0.6 is 11.3 Å². The number of rotatable bonds is 6. The highest BCUT2D eigenvalue weighted by Crippen LogP contribution is 2.38. The number of imidazole rings is 1. The summed E-state index contributed by atoms with van der Waals surface area (Å²) in [5.41, 5.74) is 0.423. The summed E-state index contributed by atoms with van der Waals surface area (Å²) in [6.45, 7) is 5.47. The van der Waals surface area contributed by atoms with Gasteiger partial charge in [0, 0.05) is 25.7 Å². The molecule has 196 valence electrons. The second-order valence-electron chi connectivity index (χ2n) is 9.67. The molecule has 0 amide bonds. The number of fused-ring (bicyclic) bond motifs is 2. The number of halogens is 2. The highest BCUT2D eigenvalue weighted by atomic mass is 32.2. The average molecular weight is 551 g/mol. The van der Waals surface area contributed by atoms with Crippen molar-refractivity contribution >= 4 is 38.1 Å². The number of morpholine rings is 1. The lowest BCUT2D eigenvalue weighted by Crippen LogP contribution is -2.62. The van der Waals surface area contributed by atoms with Crippen molar-refractivity contribution in [1.29, 1.82) is 5.26 Å². The Labute approximate surface area is 215 Å². The van der Waals surface area contributed by atoms with E-state index in [1.807, 2.05) is 0 Å². The number of nitrogens with zero attached hydrogens (tertiary/aromatic N) is 7. The highest BCUT2D eigenvalue weighted by Gasteiger charge is 2.47. The maximum atomic E-state index is 13.4. The Morgan fingerprint density at radius 1 is 1.30 bits per heavy atom. The fraction of sp³-hybridized carbons (Fsp3) is 0.545. The third-order valence-corrected chi connectivity index (χ3v) is 9.57. The van der Waals surface area contributed by atoms with Gasteiger partial charge in [-0.3, -0.25) is 9.47 Å². The first kappa shape index (κ1) is 24.6. The summed E-state index contributed by atoms with van der Waals surface area (Å²) in [6, 6.07) is 5.40. The van der Waals surface area contributed by atoms with Crippen molar-refractivity contribution in [1.82, 2.24) is 29.4 Å². The maximum absolute atomic E-state index is 13.4. The van der Waals surface area contributed by atoms with Gasteiger partial charge in [0.25, 0.3) is 6.43 Å². The van der Waals surface area contributed by atoms with E-state index in [2.05, 4.69) is 42.7 Å².